The Kier molecular flexibility index (Phi) is 5.14. The summed E-state index contributed by atoms with van der Waals surface area (Å²) in [5.74, 6) is 0.0446. The molecular weight excluding hydrogens is 264 g/mol. The van der Waals surface area contributed by atoms with Crippen LogP contribution in [-0.4, -0.2) is 19.0 Å². The van der Waals surface area contributed by atoms with Gasteiger partial charge in [0.25, 0.3) is 0 Å². The molecule has 0 aliphatic heterocycles. The molecule has 1 rings (SSSR count). The van der Waals surface area contributed by atoms with Crippen molar-refractivity contribution in [2.24, 2.45) is 0 Å². The number of hydrogen-bond donors (Lipinski definition) is 2. The van der Waals surface area contributed by atoms with Gasteiger partial charge in [0.05, 0.1) is 10.3 Å². The van der Waals surface area contributed by atoms with Crippen molar-refractivity contribution in [3.63, 3.8) is 0 Å². The molecule has 0 atom stereocenters. The zero-order valence-corrected chi connectivity index (χ0v) is 10.4. The smallest absolute Gasteiger partial charge is 0.233 e. The molecule has 0 saturated carbocycles. The fourth-order valence-electron chi connectivity index (χ4n) is 1.01. The standard InChI is InChI=1S/C9H13BrN2OS/c1-2-12-9(13)6-11-5-7-3-4-8(10)14-7/h3-4,11H,2,5-6H2,1H3,(H,12,13). The number of likely N-dealkylation sites (N-methyl/N-ethyl adjacent to an activating group) is 1. The normalized spacial score (nSPS) is 10.1. The van der Waals surface area contributed by atoms with E-state index in [0.717, 1.165) is 10.3 Å². The van der Waals surface area contributed by atoms with Crippen molar-refractivity contribution in [1.29, 1.82) is 0 Å². The van der Waals surface area contributed by atoms with Crippen LogP contribution in [0.5, 0.6) is 0 Å². The lowest BCUT2D eigenvalue weighted by Crippen LogP contribution is -2.33. The van der Waals surface area contributed by atoms with E-state index in [4.69, 9.17) is 0 Å². The fourth-order valence-corrected chi connectivity index (χ4v) is 2.46. The van der Waals surface area contributed by atoms with E-state index in [1.54, 1.807) is 11.3 Å². The molecule has 1 amide bonds. The number of carbonyl (C=O) groups excluding carboxylic acids is 1. The Morgan fingerprint density at radius 3 is 2.93 bits per heavy atom. The molecule has 1 aromatic rings. The maximum absolute atomic E-state index is 11.1. The van der Waals surface area contributed by atoms with Gasteiger partial charge in [0.1, 0.15) is 0 Å². The molecule has 0 saturated heterocycles. The molecule has 3 nitrogen and oxygen atoms in total. The molecule has 1 aromatic heterocycles. The van der Waals surface area contributed by atoms with Gasteiger partial charge in [-0.2, -0.15) is 0 Å². The topological polar surface area (TPSA) is 41.1 Å². The van der Waals surface area contributed by atoms with Crippen LogP contribution in [0.1, 0.15) is 11.8 Å². The molecular formula is C9H13BrN2OS. The van der Waals surface area contributed by atoms with Crippen LogP contribution < -0.4 is 10.6 Å². The summed E-state index contributed by atoms with van der Waals surface area (Å²) >= 11 is 5.06. The highest BCUT2D eigenvalue weighted by molar-refractivity contribution is 9.11. The van der Waals surface area contributed by atoms with Crippen LogP contribution in [0.3, 0.4) is 0 Å². The summed E-state index contributed by atoms with van der Waals surface area (Å²) in [6, 6.07) is 4.05. The van der Waals surface area contributed by atoms with Crippen molar-refractivity contribution >= 4 is 33.2 Å². The molecule has 78 valence electrons. The SMILES string of the molecule is CCNC(=O)CNCc1ccc(Br)s1. The number of hydrogen-bond acceptors (Lipinski definition) is 3. The third kappa shape index (κ3) is 4.21. The minimum atomic E-state index is 0.0446. The van der Waals surface area contributed by atoms with E-state index in [0.29, 0.717) is 13.1 Å². The molecule has 5 heteroatoms. The monoisotopic (exact) mass is 276 g/mol. The van der Waals surface area contributed by atoms with E-state index < -0.39 is 0 Å². The number of rotatable bonds is 5. The van der Waals surface area contributed by atoms with Gasteiger partial charge in [0.15, 0.2) is 0 Å². The Morgan fingerprint density at radius 2 is 2.36 bits per heavy atom. The summed E-state index contributed by atoms with van der Waals surface area (Å²) in [4.78, 5) is 12.3. The van der Waals surface area contributed by atoms with Crippen LogP contribution in [0.15, 0.2) is 15.9 Å². The first-order valence-electron chi connectivity index (χ1n) is 4.44. The number of nitrogens with one attached hydrogen (secondary N) is 2. The average Bonchev–Trinajstić information content (AvgIpc) is 2.52. The molecule has 0 aliphatic carbocycles. The maximum Gasteiger partial charge on any atom is 0.233 e. The summed E-state index contributed by atoms with van der Waals surface area (Å²) in [7, 11) is 0. The van der Waals surface area contributed by atoms with Gasteiger partial charge >= 0.3 is 0 Å². The molecule has 14 heavy (non-hydrogen) atoms. The highest BCUT2D eigenvalue weighted by Crippen LogP contribution is 2.21. The predicted octanol–water partition coefficient (Wildman–Crippen LogP) is 1.74. The van der Waals surface area contributed by atoms with Crippen LogP contribution in [0, 0.1) is 0 Å². The second-order valence-corrected chi connectivity index (χ2v) is 5.31. The summed E-state index contributed by atoms with van der Waals surface area (Å²) < 4.78 is 1.12. The second kappa shape index (κ2) is 6.16. The van der Waals surface area contributed by atoms with Gasteiger partial charge in [0.2, 0.25) is 5.91 Å². The number of thiophene rings is 1. The third-order valence-corrected chi connectivity index (χ3v) is 3.21. The molecule has 0 radical (unpaired) electrons. The van der Waals surface area contributed by atoms with Crippen LogP contribution >= 0.6 is 27.3 Å². The van der Waals surface area contributed by atoms with E-state index in [1.165, 1.54) is 4.88 Å². The fraction of sp³-hybridized carbons (Fsp3) is 0.444. The molecule has 0 fully saturated rings. The zero-order chi connectivity index (χ0) is 10.4. The first-order valence-corrected chi connectivity index (χ1v) is 6.05. The van der Waals surface area contributed by atoms with Crippen molar-refractivity contribution in [3.05, 3.63) is 20.8 Å². The van der Waals surface area contributed by atoms with E-state index >= 15 is 0 Å². The molecule has 1 heterocycles. The van der Waals surface area contributed by atoms with Gasteiger partial charge in [-0.15, -0.1) is 11.3 Å². The lowest BCUT2D eigenvalue weighted by molar-refractivity contribution is -0.120. The van der Waals surface area contributed by atoms with Crippen LogP contribution in [0.2, 0.25) is 0 Å². The Bertz CT molecular complexity index is 301. The predicted molar refractivity (Wildman–Crippen MR) is 62.4 cm³/mol. The van der Waals surface area contributed by atoms with Gasteiger partial charge in [-0.05, 0) is 35.0 Å². The van der Waals surface area contributed by atoms with Crippen molar-refractivity contribution in [2.45, 2.75) is 13.5 Å². The van der Waals surface area contributed by atoms with E-state index in [2.05, 4.69) is 26.6 Å². The Labute approximate surface area is 96.0 Å². The van der Waals surface area contributed by atoms with Gasteiger partial charge in [-0.25, -0.2) is 0 Å². The first kappa shape index (κ1) is 11.7. The Morgan fingerprint density at radius 1 is 1.57 bits per heavy atom. The zero-order valence-electron chi connectivity index (χ0n) is 7.97. The second-order valence-electron chi connectivity index (χ2n) is 2.76. The van der Waals surface area contributed by atoms with Gasteiger partial charge in [-0.1, -0.05) is 0 Å². The van der Waals surface area contributed by atoms with Crippen molar-refractivity contribution in [2.75, 3.05) is 13.1 Å². The highest BCUT2D eigenvalue weighted by atomic mass is 79.9. The summed E-state index contributed by atoms with van der Waals surface area (Å²) in [5, 5.41) is 5.81. The van der Waals surface area contributed by atoms with Crippen molar-refractivity contribution < 1.29 is 4.79 Å². The van der Waals surface area contributed by atoms with Gasteiger partial charge in [0, 0.05) is 18.0 Å². The summed E-state index contributed by atoms with van der Waals surface area (Å²) in [6.45, 7) is 3.72. The van der Waals surface area contributed by atoms with Crippen molar-refractivity contribution in [3.8, 4) is 0 Å². The highest BCUT2D eigenvalue weighted by Gasteiger charge is 2.00. The quantitative estimate of drug-likeness (QED) is 0.860. The molecule has 0 aromatic carbocycles. The third-order valence-electron chi connectivity index (χ3n) is 1.59. The molecule has 0 unspecified atom stereocenters. The minimum absolute atomic E-state index is 0.0446. The first-order chi connectivity index (χ1) is 6.72. The Balaban J connectivity index is 2.18. The maximum atomic E-state index is 11.1. The molecule has 2 N–H and O–H groups in total. The van der Waals surface area contributed by atoms with E-state index in [1.807, 2.05) is 19.1 Å². The largest absolute Gasteiger partial charge is 0.355 e. The molecule has 0 aliphatic rings. The van der Waals surface area contributed by atoms with Crippen molar-refractivity contribution in [1.82, 2.24) is 10.6 Å². The Hall–Kier alpha value is -0.390. The minimum Gasteiger partial charge on any atom is -0.355 e. The number of carbonyl (C=O) groups is 1. The van der Waals surface area contributed by atoms with Crippen LogP contribution in [0.4, 0.5) is 0 Å². The lowest BCUT2D eigenvalue weighted by atomic mass is 10.4. The van der Waals surface area contributed by atoms with Gasteiger partial charge in [-0.3, -0.25) is 4.79 Å². The lowest BCUT2D eigenvalue weighted by Gasteiger charge is -2.02. The molecule has 0 bridgehead atoms. The summed E-state index contributed by atoms with van der Waals surface area (Å²) in [6.07, 6.45) is 0. The molecule has 0 spiro atoms. The number of halogens is 1. The van der Waals surface area contributed by atoms with Gasteiger partial charge < -0.3 is 10.6 Å². The number of amides is 1. The van der Waals surface area contributed by atoms with E-state index in [-0.39, 0.29) is 5.91 Å². The van der Waals surface area contributed by atoms with E-state index in [9.17, 15) is 4.79 Å². The summed E-state index contributed by atoms with van der Waals surface area (Å²) in [5.41, 5.74) is 0. The average molecular weight is 277 g/mol. The van der Waals surface area contributed by atoms with Crippen LogP contribution in [-0.2, 0) is 11.3 Å². The van der Waals surface area contributed by atoms with Crippen LogP contribution in [0.25, 0.3) is 0 Å².